The highest BCUT2D eigenvalue weighted by Crippen LogP contribution is 2.25. The summed E-state index contributed by atoms with van der Waals surface area (Å²) in [5.41, 5.74) is 9.81. The number of primary amides is 1. The summed E-state index contributed by atoms with van der Waals surface area (Å²) in [7, 11) is 0. The van der Waals surface area contributed by atoms with Gasteiger partial charge < -0.3 is 20.3 Å². The predicted molar refractivity (Wildman–Crippen MR) is 121 cm³/mol. The molecule has 0 aromatic heterocycles. The summed E-state index contributed by atoms with van der Waals surface area (Å²) in [4.78, 5) is 13.8. The zero-order valence-corrected chi connectivity index (χ0v) is 18.3. The second kappa shape index (κ2) is 12.0. The van der Waals surface area contributed by atoms with Gasteiger partial charge in [0.15, 0.2) is 0 Å². The molecule has 1 saturated heterocycles. The molecule has 3 rings (SSSR count). The first-order valence-electron chi connectivity index (χ1n) is 11.1. The van der Waals surface area contributed by atoms with Crippen molar-refractivity contribution in [2.45, 2.75) is 44.9 Å². The van der Waals surface area contributed by atoms with Crippen LogP contribution in [0.2, 0.25) is 0 Å². The van der Waals surface area contributed by atoms with Crippen molar-refractivity contribution in [2.75, 3.05) is 32.9 Å². The number of carbonyl (C=O) groups excluding carboxylic acids is 1. The van der Waals surface area contributed by atoms with E-state index in [4.69, 9.17) is 15.2 Å². The third-order valence-corrected chi connectivity index (χ3v) is 5.72. The van der Waals surface area contributed by atoms with Gasteiger partial charge in [0.25, 0.3) is 0 Å². The molecule has 168 valence electrons. The Balaban J connectivity index is 1.51. The van der Waals surface area contributed by atoms with Gasteiger partial charge in [0.1, 0.15) is 6.10 Å². The number of hydrogen-bond acceptors (Lipinski definition) is 5. The Hall–Kier alpha value is -2.25. The minimum atomic E-state index is -0.578. The molecular formula is C25H34N2O4. The second-order valence-corrected chi connectivity index (χ2v) is 8.00. The first-order valence-corrected chi connectivity index (χ1v) is 11.1. The van der Waals surface area contributed by atoms with E-state index in [1.54, 1.807) is 0 Å². The molecule has 6 nitrogen and oxygen atoms in total. The first-order chi connectivity index (χ1) is 15.1. The highest BCUT2D eigenvalue weighted by molar-refractivity contribution is 5.78. The highest BCUT2D eigenvalue weighted by atomic mass is 16.5. The van der Waals surface area contributed by atoms with Crippen molar-refractivity contribution in [3.05, 3.63) is 59.7 Å². The van der Waals surface area contributed by atoms with Gasteiger partial charge in [-0.25, -0.2) is 0 Å². The smallest absolute Gasteiger partial charge is 0.246 e. The lowest BCUT2D eigenvalue weighted by molar-refractivity contribution is -0.129. The Bertz CT molecular complexity index is 801. The minimum Gasteiger partial charge on any atom is -0.388 e. The Morgan fingerprint density at radius 1 is 1.06 bits per heavy atom. The standard InChI is InChI=1S/C25H34N2O4/c1-2-31-24(25(26)29)5-3-4-23(28)22-12-10-21(11-13-22)20-8-6-19(7-9-20)18-27-14-16-30-17-15-27/h6-13,23-24,28H,2-5,14-18H2,1H3,(H2,26,29). The number of aliphatic hydroxyl groups is 1. The molecule has 6 heteroatoms. The lowest BCUT2D eigenvalue weighted by Crippen LogP contribution is -2.35. The molecule has 2 atom stereocenters. The number of ether oxygens (including phenoxy) is 2. The van der Waals surface area contributed by atoms with E-state index in [9.17, 15) is 9.90 Å². The minimum absolute atomic E-state index is 0.448. The van der Waals surface area contributed by atoms with Crippen molar-refractivity contribution in [3.63, 3.8) is 0 Å². The summed E-state index contributed by atoms with van der Waals surface area (Å²) in [5.74, 6) is -0.448. The molecule has 0 radical (unpaired) electrons. The fourth-order valence-corrected chi connectivity index (χ4v) is 3.89. The normalized spacial score (nSPS) is 16.7. The molecule has 0 bridgehead atoms. The quantitative estimate of drug-likeness (QED) is 0.576. The van der Waals surface area contributed by atoms with E-state index in [2.05, 4.69) is 29.2 Å². The van der Waals surface area contributed by atoms with Crippen LogP contribution < -0.4 is 5.73 Å². The zero-order chi connectivity index (χ0) is 22.1. The van der Waals surface area contributed by atoms with Gasteiger partial charge in [-0.1, -0.05) is 48.5 Å². The number of carbonyl (C=O) groups is 1. The van der Waals surface area contributed by atoms with Crippen LogP contribution in [0, 0.1) is 0 Å². The van der Waals surface area contributed by atoms with Gasteiger partial charge in [-0.2, -0.15) is 0 Å². The molecule has 0 saturated carbocycles. The maximum Gasteiger partial charge on any atom is 0.246 e. The van der Waals surface area contributed by atoms with Crippen molar-refractivity contribution < 1.29 is 19.4 Å². The average molecular weight is 427 g/mol. The molecule has 1 fully saturated rings. The lowest BCUT2D eigenvalue weighted by atomic mass is 9.98. The SMILES string of the molecule is CCOC(CCCC(O)c1ccc(-c2ccc(CN3CCOCC3)cc2)cc1)C(N)=O. The van der Waals surface area contributed by atoms with E-state index in [1.807, 2.05) is 31.2 Å². The van der Waals surface area contributed by atoms with Crippen LogP contribution in [0.1, 0.15) is 43.4 Å². The van der Waals surface area contributed by atoms with Crippen molar-refractivity contribution in [1.82, 2.24) is 4.90 Å². The molecule has 1 aliphatic heterocycles. The molecule has 2 unspecified atom stereocenters. The summed E-state index contributed by atoms with van der Waals surface area (Å²) in [5, 5.41) is 10.5. The number of amides is 1. The molecule has 2 aromatic carbocycles. The molecule has 1 aliphatic rings. The number of nitrogens with zero attached hydrogens (tertiary/aromatic N) is 1. The Morgan fingerprint density at radius 2 is 1.68 bits per heavy atom. The summed E-state index contributed by atoms with van der Waals surface area (Å²) >= 11 is 0. The Morgan fingerprint density at radius 3 is 2.26 bits per heavy atom. The Kier molecular flexibility index (Phi) is 9.03. The second-order valence-electron chi connectivity index (χ2n) is 8.00. The van der Waals surface area contributed by atoms with Gasteiger partial charge in [-0.15, -0.1) is 0 Å². The Labute approximate surface area is 185 Å². The molecule has 31 heavy (non-hydrogen) atoms. The van der Waals surface area contributed by atoms with Crippen LogP contribution in [0.3, 0.4) is 0 Å². The number of nitrogens with two attached hydrogens (primary N) is 1. The van der Waals surface area contributed by atoms with Gasteiger partial charge in [-0.05, 0) is 48.4 Å². The summed E-state index contributed by atoms with van der Waals surface area (Å²) in [6, 6.07) is 16.7. The van der Waals surface area contributed by atoms with Crippen LogP contribution in [-0.4, -0.2) is 54.9 Å². The topological polar surface area (TPSA) is 85.0 Å². The van der Waals surface area contributed by atoms with Gasteiger partial charge in [0, 0.05) is 26.2 Å². The van der Waals surface area contributed by atoms with E-state index >= 15 is 0 Å². The van der Waals surface area contributed by atoms with E-state index < -0.39 is 18.1 Å². The summed E-state index contributed by atoms with van der Waals surface area (Å²) < 4.78 is 10.8. The number of rotatable bonds is 11. The van der Waals surface area contributed by atoms with Gasteiger partial charge in [0.2, 0.25) is 5.91 Å². The van der Waals surface area contributed by atoms with Crippen LogP contribution >= 0.6 is 0 Å². The maximum atomic E-state index is 11.4. The number of morpholine rings is 1. The molecular weight excluding hydrogens is 392 g/mol. The monoisotopic (exact) mass is 426 g/mol. The van der Waals surface area contributed by atoms with Crippen LogP contribution in [0.25, 0.3) is 11.1 Å². The van der Waals surface area contributed by atoms with Crippen molar-refractivity contribution in [1.29, 1.82) is 0 Å². The molecule has 0 aliphatic carbocycles. The highest BCUT2D eigenvalue weighted by Gasteiger charge is 2.16. The zero-order valence-electron chi connectivity index (χ0n) is 18.3. The lowest BCUT2D eigenvalue weighted by Gasteiger charge is -2.26. The fraction of sp³-hybridized carbons (Fsp3) is 0.480. The van der Waals surface area contributed by atoms with E-state index in [-0.39, 0.29) is 0 Å². The number of aliphatic hydroxyl groups excluding tert-OH is 1. The van der Waals surface area contributed by atoms with Crippen LogP contribution in [-0.2, 0) is 20.8 Å². The maximum absolute atomic E-state index is 11.4. The van der Waals surface area contributed by atoms with E-state index in [0.717, 1.165) is 49.5 Å². The largest absolute Gasteiger partial charge is 0.388 e. The molecule has 1 amide bonds. The van der Waals surface area contributed by atoms with Gasteiger partial charge in [-0.3, -0.25) is 9.69 Å². The predicted octanol–water partition coefficient (Wildman–Crippen LogP) is 3.28. The van der Waals surface area contributed by atoms with Gasteiger partial charge in [0.05, 0.1) is 19.3 Å². The van der Waals surface area contributed by atoms with Crippen LogP contribution in [0.4, 0.5) is 0 Å². The molecule has 1 heterocycles. The van der Waals surface area contributed by atoms with Gasteiger partial charge >= 0.3 is 0 Å². The van der Waals surface area contributed by atoms with E-state index in [0.29, 0.717) is 25.9 Å². The third-order valence-electron chi connectivity index (χ3n) is 5.72. The number of benzene rings is 2. The van der Waals surface area contributed by atoms with E-state index in [1.165, 1.54) is 5.56 Å². The fourth-order valence-electron chi connectivity index (χ4n) is 3.89. The average Bonchev–Trinajstić information content (AvgIpc) is 2.79. The van der Waals surface area contributed by atoms with Crippen molar-refractivity contribution >= 4 is 5.91 Å². The molecule has 3 N–H and O–H groups in total. The summed E-state index contributed by atoms with van der Waals surface area (Å²) in [6.07, 6.45) is 0.605. The third kappa shape index (κ3) is 7.14. The van der Waals surface area contributed by atoms with Crippen LogP contribution in [0.5, 0.6) is 0 Å². The molecule has 0 spiro atoms. The van der Waals surface area contributed by atoms with Crippen molar-refractivity contribution in [2.24, 2.45) is 5.73 Å². The number of hydrogen-bond donors (Lipinski definition) is 2. The first kappa shape index (κ1) is 23.4. The van der Waals surface area contributed by atoms with Crippen molar-refractivity contribution in [3.8, 4) is 11.1 Å². The molecule has 2 aromatic rings. The van der Waals surface area contributed by atoms with Crippen LogP contribution in [0.15, 0.2) is 48.5 Å². The summed E-state index contributed by atoms with van der Waals surface area (Å²) in [6.45, 7) is 6.84.